The van der Waals surface area contributed by atoms with Crippen molar-refractivity contribution in [2.45, 2.75) is 33.8 Å². The second-order valence-corrected chi connectivity index (χ2v) is 5.71. The summed E-state index contributed by atoms with van der Waals surface area (Å²) in [7, 11) is 0. The monoisotopic (exact) mass is 219 g/mol. The molecule has 0 aromatic rings. The Kier molecular flexibility index (Phi) is 8.73. The van der Waals surface area contributed by atoms with Crippen LogP contribution in [0.15, 0.2) is 0 Å². The maximum Gasteiger partial charge on any atom is 0.0754 e. The van der Waals surface area contributed by atoms with Crippen LogP contribution in [0.2, 0.25) is 0 Å². The van der Waals surface area contributed by atoms with E-state index < -0.39 is 0 Å². The molecule has 3 heteroatoms. The molecule has 86 valence electrons. The summed E-state index contributed by atoms with van der Waals surface area (Å²) in [4.78, 5) is 0. The minimum atomic E-state index is -0.197. The molecule has 0 aromatic carbocycles. The number of hydrogen-bond donors (Lipinski definition) is 2. The van der Waals surface area contributed by atoms with Gasteiger partial charge < -0.3 is 10.4 Å². The first-order chi connectivity index (χ1) is 6.52. The van der Waals surface area contributed by atoms with Gasteiger partial charge in [-0.3, -0.25) is 0 Å². The van der Waals surface area contributed by atoms with Crippen LogP contribution in [-0.2, 0) is 0 Å². The van der Waals surface area contributed by atoms with Crippen molar-refractivity contribution in [2.75, 3.05) is 24.6 Å². The van der Waals surface area contributed by atoms with Crippen molar-refractivity contribution in [3.05, 3.63) is 0 Å². The van der Waals surface area contributed by atoms with E-state index in [4.69, 9.17) is 0 Å². The lowest BCUT2D eigenvalue weighted by Gasteiger charge is -2.13. The number of thioether (sulfide) groups is 1. The van der Waals surface area contributed by atoms with Crippen molar-refractivity contribution in [1.29, 1.82) is 0 Å². The molecule has 0 rings (SSSR count). The molecule has 2 nitrogen and oxygen atoms in total. The fourth-order valence-corrected chi connectivity index (χ4v) is 2.03. The lowest BCUT2D eigenvalue weighted by atomic mass is 10.2. The highest BCUT2D eigenvalue weighted by Crippen LogP contribution is 2.08. The Bertz CT molecular complexity index is 114. The van der Waals surface area contributed by atoms with Gasteiger partial charge in [-0.2, -0.15) is 11.8 Å². The van der Waals surface area contributed by atoms with Gasteiger partial charge in [-0.25, -0.2) is 0 Å². The summed E-state index contributed by atoms with van der Waals surface area (Å²) in [6.45, 7) is 10.5. The van der Waals surface area contributed by atoms with Crippen molar-refractivity contribution in [3.63, 3.8) is 0 Å². The molecule has 0 amide bonds. The standard InChI is InChI=1S/C11H25NOS/c1-9(2)5-12-6-11(13)8-14-7-10(3)4/h9-13H,5-8H2,1-4H3. The normalized spacial score (nSPS) is 13.9. The number of nitrogens with one attached hydrogen (secondary N) is 1. The Morgan fingerprint density at radius 2 is 1.64 bits per heavy atom. The highest BCUT2D eigenvalue weighted by Gasteiger charge is 2.04. The van der Waals surface area contributed by atoms with Crippen molar-refractivity contribution >= 4 is 11.8 Å². The Hall–Kier alpha value is 0.270. The van der Waals surface area contributed by atoms with Gasteiger partial charge in [0, 0.05) is 12.3 Å². The average molecular weight is 219 g/mol. The third-order valence-corrected chi connectivity index (χ3v) is 3.22. The molecule has 0 aromatic heterocycles. The molecule has 2 N–H and O–H groups in total. The van der Waals surface area contributed by atoms with Crippen molar-refractivity contribution in [3.8, 4) is 0 Å². The lowest BCUT2D eigenvalue weighted by molar-refractivity contribution is 0.194. The molecule has 1 atom stereocenters. The van der Waals surface area contributed by atoms with E-state index in [9.17, 15) is 5.11 Å². The Balaban J connectivity index is 3.23. The maximum absolute atomic E-state index is 9.59. The molecular formula is C11H25NOS. The Morgan fingerprint density at radius 1 is 1.00 bits per heavy atom. The smallest absolute Gasteiger partial charge is 0.0754 e. The molecular weight excluding hydrogens is 194 g/mol. The van der Waals surface area contributed by atoms with Crippen LogP contribution in [0.3, 0.4) is 0 Å². The van der Waals surface area contributed by atoms with Crippen molar-refractivity contribution < 1.29 is 5.11 Å². The molecule has 0 saturated carbocycles. The van der Waals surface area contributed by atoms with Crippen LogP contribution in [0.5, 0.6) is 0 Å². The topological polar surface area (TPSA) is 32.3 Å². The quantitative estimate of drug-likeness (QED) is 0.655. The van der Waals surface area contributed by atoms with Crippen molar-refractivity contribution in [2.24, 2.45) is 11.8 Å². The van der Waals surface area contributed by atoms with Gasteiger partial charge in [-0.15, -0.1) is 0 Å². The third kappa shape index (κ3) is 10.4. The first-order valence-electron chi connectivity index (χ1n) is 5.49. The van der Waals surface area contributed by atoms with Gasteiger partial charge in [-0.1, -0.05) is 27.7 Å². The minimum Gasteiger partial charge on any atom is -0.391 e. The summed E-state index contributed by atoms with van der Waals surface area (Å²) < 4.78 is 0. The highest BCUT2D eigenvalue weighted by atomic mass is 32.2. The van der Waals surface area contributed by atoms with Gasteiger partial charge in [0.2, 0.25) is 0 Å². The average Bonchev–Trinajstić information content (AvgIpc) is 2.02. The molecule has 0 heterocycles. The van der Waals surface area contributed by atoms with E-state index in [0.29, 0.717) is 5.92 Å². The van der Waals surface area contributed by atoms with Gasteiger partial charge in [0.15, 0.2) is 0 Å². The lowest BCUT2D eigenvalue weighted by Crippen LogP contribution is -2.31. The summed E-state index contributed by atoms with van der Waals surface area (Å²) in [5.41, 5.74) is 0. The summed E-state index contributed by atoms with van der Waals surface area (Å²) in [5.74, 6) is 3.37. The van der Waals surface area contributed by atoms with Crippen LogP contribution in [-0.4, -0.2) is 35.8 Å². The maximum atomic E-state index is 9.59. The second kappa shape index (κ2) is 8.57. The van der Waals surface area contributed by atoms with Crippen LogP contribution in [0, 0.1) is 11.8 Å². The fraction of sp³-hybridized carbons (Fsp3) is 1.00. The van der Waals surface area contributed by atoms with Gasteiger partial charge in [-0.05, 0) is 24.1 Å². The van der Waals surface area contributed by atoms with E-state index in [-0.39, 0.29) is 6.10 Å². The van der Waals surface area contributed by atoms with Crippen LogP contribution in [0.1, 0.15) is 27.7 Å². The minimum absolute atomic E-state index is 0.197. The van der Waals surface area contributed by atoms with Crippen LogP contribution in [0.25, 0.3) is 0 Å². The Labute approximate surface area is 92.9 Å². The number of rotatable bonds is 8. The summed E-state index contributed by atoms with van der Waals surface area (Å²) in [6, 6.07) is 0. The van der Waals surface area contributed by atoms with E-state index in [2.05, 4.69) is 33.0 Å². The van der Waals surface area contributed by atoms with E-state index in [0.717, 1.165) is 30.5 Å². The summed E-state index contributed by atoms with van der Waals surface area (Å²) >= 11 is 1.84. The molecule has 1 unspecified atom stereocenters. The molecule has 0 aliphatic heterocycles. The molecule has 0 fully saturated rings. The Morgan fingerprint density at radius 3 is 2.14 bits per heavy atom. The van der Waals surface area contributed by atoms with Crippen LogP contribution in [0.4, 0.5) is 0 Å². The summed E-state index contributed by atoms with van der Waals surface area (Å²) in [5, 5.41) is 12.9. The zero-order valence-electron chi connectivity index (χ0n) is 9.92. The van der Waals surface area contributed by atoms with E-state index in [1.165, 1.54) is 0 Å². The van der Waals surface area contributed by atoms with E-state index in [1.54, 1.807) is 0 Å². The van der Waals surface area contributed by atoms with E-state index >= 15 is 0 Å². The van der Waals surface area contributed by atoms with Gasteiger partial charge in [0.1, 0.15) is 0 Å². The SMILES string of the molecule is CC(C)CNCC(O)CSCC(C)C. The molecule has 0 radical (unpaired) electrons. The largest absolute Gasteiger partial charge is 0.391 e. The molecule has 0 spiro atoms. The predicted octanol–water partition coefficient (Wildman–Crippen LogP) is 1.98. The number of hydrogen-bond acceptors (Lipinski definition) is 3. The molecule has 14 heavy (non-hydrogen) atoms. The molecule has 0 aliphatic carbocycles. The van der Waals surface area contributed by atoms with Gasteiger partial charge >= 0.3 is 0 Å². The summed E-state index contributed by atoms with van der Waals surface area (Å²) in [6.07, 6.45) is -0.197. The van der Waals surface area contributed by atoms with Crippen molar-refractivity contribution in [1.82, 2.24) is 5.32 Å². The van der Waals surface area contributed by atoms with E-state index in [1.807, 2.05) is 11.8 Å². The highest BCUT2D eigenvalue weighted by molar-refractivity contribution is 7.99. The fourth-order valence-electron chi connectivity index (χ4n) is 1.04. The molecule has 0 bridgehead atoms. The second-order valence-electron chi connectivity index (χ2n) is 4.64. The van der Waals surface area contributed by atoms with Gasteiger partial charge in [0.25, 0.3) is 0 Å². The predicted molar refractivity (Wildman–Crippen MR) is 65.9 cm³/mol. The zero-order valence-corrected chi connectivity index (χ0v) is 10.7. The first-order valence-corrected chi connectivity index (χ1v) is 6.64. The number of aliphatic hydroxyl groups excluding tert-OH is 1. The molecule has 0 saturated heterocycles. The molecule has 0 aliphatic rings. The van der Waals surface area contributed by atoms with Crippen LogP contribution >= 0.6 is 11.8 Å². The third-order valence-electron chi connectivity index (χ3n) is 1.69. The first kappa shape index (κ1) is 14.3. The van der Waals surface area contributed by atoms with Crippen LogP contribution < -0.4 is 5.32 Å². The van der Waals surface area contributed by atoms with Gasteiger partial charge in [0.05, 0.1) is 6.10 Å². The zero-order chi connectivity index (χ0) is 11.0. The number of aliphatic hydroxyl groups is 1.